The molecule has 2 saturated heterocycles. The van der Waals surface area contributed by atoms with Gasteiger partial charge in [0.15, 0.2) is 0 Å². The van der Waals surface area contributed by atoms with E-state index in [0.29, 0.717) is 10.5 Å². The highest BCUT2D eigenvalue weighted by Gasteiger charge is 2.42. The van der Waals surface area contributed by atoms with Gasteiger partial charge >= 0.3 is 0 Å². The van der Waals surface area contributed by atoms with Crippen molar-refractivity contribution in [2.24, 2.45) is 0 Å². The quantitative estimate of drug-likeness (QED) is 0.555. The molecule has 1 spiro atoms. The Morgan fingerprint density at radius 2 is 2.20 bits per heavy atom. The Kier molecular flexibility index (Phi) is 1.73. The number of rotatable bonds is 0. The topological polar surface area (TPSA) is 17.1 Å². The van der Waals surface area contributed by atoms with E-state index < -0.39 is 0 Å². The Morgan fingerprint density at radius 3 is 2.60 bits per heavy atom. The summed E-state index contributed by atoms with van der Waals surface area (Å²) in [6.45, 7) is 0. The second-order valence-electron chi connectivity index (χ2n) is 2.99. The summed E-state index contributed by atoms with van der Waals surface area (Å²) in [4.78, 5) is 11.0. The van der Waals surface area contributed by atoms with E-state index in [-0.39, 0.29) is 0 Å². The van der Waals surface area contributed by atoms with Gasteiger partial charge in [0.2, 0.25) is 0 Å². The number of hydrogen-bond acceptors (Lipinski definition) is 3. The van der Waals surface area contributed by atoms with Gasteiger partial charge in [-0.2, -0.15) is 23.5 Å². The smallest absolute Gasteiger partial charge is 0.135 e. The van der Waals surface area contributed by atoms with Crippen LogP contribution in [0.1, 0.15) is 12.8 Å². The summed E-state index contributed by atoms with van der Waals surface area (Å²) in [6.07, 6.45) is 1.67. The van der Waals surface area contributed by atoms with Crippen LogP contribution in [0.25, 0.3) is 0 Å². The average Bonchev–Trinajstić information content (AvgIpc) is 1.85. The molecule has 3 heteroatoms. The van der Waals surface area contributed by atoms with Crippen LogP contribution in [0.4, 0.5) is 0 Å². The molecule has 56 valence electrons. The van der Waals surface area contributed by atoms with Crippen LogP contribution in [0.3, 0.4) is 0 Å². The first kappa shape index (κ1) is 7.04. The van der Waals surface area contributed by atoms with Crippen LogP contribution in [0.2, 0.25) is 0 Å². The van der Waals surface area contributed by atoms with Crippen molar-refractivity contribution in [1.82, 2.24) is 0 Å². The molecule has 0 amide bonds. The van der Waals surface area contributed by atoms with Gasteiger partial charge in [-0.1, -0.05) is 0 Å². The maximum Gasteiger partial charge on any atom is 0.135 e. The summed E-state index contributed by atoms with van der Waals surface area (Å²) in [5.41, 5.74) is 0. The minimum absolute atomic E-state index is 0.403. The maximum atomic E-state index is 11.0. The van der Waals surface area contributed by atoms with Gasteiger partial charge in [-0.3, -0.25) is 4.79 Å². The molecular formula is C7H10OS2. The highest BCUT2D eigenvalue weighted by molar-refractivity contribution is 8.08. The first-order valence-electron chi connectivity index (χ1n) is 3.54. The highest BCUT2D eigenvalue weighted by atomic mass is 32.2. The zero-order valence-electron chi connectivity index (χ0n) is 5.76. The molecular weight excluding hydrogens is 164 g/mol. The number of Topliss-reactive ketones (excluding diaryl/α,β-unsaturated/α-hetero) is 1. The summed E-state index contributed by atoms with van der Waals surface area (Å²) >= 11 is 3.99. The third-order valence-corrected chi connectivity index (χ3v) is 5.37. The lowest BCUT2D eigenvalue weighted by Gasteiger charge is -2.42. The van der Waals surface area contributed by atoms with E-state index >= 15 is 0 Å². The Labute approximate surface area is 69.3 Å². The highest BCUT2D eigenvalue weighted by Crippen LogP contribution is 2.46. The molecule has 0 aromatic rings. The fraction of sp³-hybridized carbons (Fsp3) is 0.857. The number of carbonyl (C=O) groups excluding carboxylic acids is 1. The molecule has 1 nitrogen and oxygen atoms in total. The molecule has 0 atom stereocenters. The Hall–Kier alpha value is 0.370. The van der Waals surface area contributed by atoms with Gasteiger partial charge in [0.1, 0.15) is 5.78 Å². The average molecular weight is 174 g/mol. The third-order valence-electron chi connectivity index (χ3n) is 2.04. The number of hydrogen-bond donors (Lipinski definition) is 0. The van der Waals surface area contributed by atoms with Crippen molar-refractivity contribution in [1.29, 1.82) is 0 Å². The Morgan fingerprint density at radius 1 is 1.40 bits per heavy atom. The van der Waals surface area contributed by atoms with Crippen LogP contribution in [0, 0.1) is 0 Å². The van der Waals surface area contributed by atoms with E-state index in [1.165, 1.54) is 11.5 Å². The molecule has 2 heterocycles. The molecule has 2 aliphatic heterocycles. The molecule has 0 radical (unpaired) electrons. The van der Waals surface area contributed by atoms with Gasteiger partial charge in [0.05, 0.1) is 0 Å². The van der Waals surface area contributed by atoms with Crippen LogP contribution < -0.4 is 0 Å². The molecule has 2 aliphatic rings. The fourth-order valence-corrected chi connectivity index (χ4v) is 4.45. The summed E-state index contributed by atoms with van der Waals surface area (Å²) in [5, 5.41) is 0. The second-order valence-corrected chi connectivity index (χ2v) is 5.54. The number of thioether (sulfide) groups is 2. The zero-order valence-corrected chi connectivity index (χ0v) is 7.39. The molecule has 2 rings (SSSR count). The SMILES string of the molecule is O=C1CCSC2(CSC2)C1. The summed E-state index contributed by atoms with van der Waals surface area (Å²) in [5.74, 6) is 3.98. The van der Waals surface area contributed by atoms with E-state index in [2.05, 4.69) is 0 Å². The van der Waals surface area contributed by atoms with Crippen LogP contribution >= 0.6 is 23.5 Å². The minimum atomic E-state index is 0.403. The molecule has 0 N–H and O–H groups in total. The van der Waals surface area contributed by atoms with E-state index in [0.717, 1.165) is 18.6 Å². The summed E-state index contributed by atoms with van der Waals surface area (Å²) in [6, 6.07) is 0. The standard InChI is InChI=1S/C7H10OS2/c8-6-1-2-10-7(3-6)4-9-5-7/h1-5H2. The lowest BCUT2D eigenvalue weighted by molar-refractivity contribution is -0.119. The lowest BCUT2D eigenvalue weighted by Crippen LogP contribution is -2.44. The first-order chi connectivity index (χ1) is 4.81. The first-order valence-corrected chi connectivity index (χ1v) is 5.68. The Balaban J connectivity index is 2.02. The van der Waals surface area contributed by atoms with Gasteiger partial charge in [0.25, 0.3) is 0 Å². The molecule has 0 bridgehead atoms. The lowest BCUT2D eigenvalue weighted by atomic mass is 10.0. The van der Waals surface area contributed by atoms with Gasteiger partial charge in [-0.05, 0) is 0 Å². The maximum absolute atomic E-state index is 11.0. The van der Waals surface area contributed by atoms with E-state index in [1.807, 2.05) is 23.5 Å². The van der Waals surface area contributed by atoms with E-state index in [9.17, 15) is 4.79 Å². The predicted octanol–water partition coefficient (Wildman–Crippen LogP) is 1.57. The second kappa shape index (κ2) is 2.45. The van der Waals surface area contributed by atoms with Crippen molar-refractivity contribution in [3.05, 3.63) is 0 Å². The summed E-state index contributed by atoms with van der Waals surface area (Å²) < 4.78 is 0.403. The van der Waals surface area contributed by atoms with Crippen LogP contribution in [-0.4, -0.2) is 27.8 Å². The van der Waals surface area contributed by atoms with Crippen molar-refractivity contribution < 1.29 is 4.79 Å². The van der Waals surface area contributed by atoms with Crippen molar-refractivity contribution in [2.75, 3.05) is 17.3 Å². The molecule has 0 aliphatic carbocycles. The van der Waals surface area contributed by atoms with Gasteiger partial charge in [0, 0.05) is 34.8 Å². The molecule has 0 unspecified atom stereocenters. The van der Waals surface area contributed by atoms with E-state index in [1.54, 1.807) is 0 Å². The monoisotopic (exact) mass is 174 g/mol. The van der Waals surface area contributed by atoms with E-state index in [4.69, 9.17) is 0 Å². The number of carbonyl (C=O) groups is 1. The van der Waals surface area contributed by atoms with Crippen LogP contribution in [-0.2, 0) is 4.79 Å². The predicted molar refractivity (Wildman–Crippen MR) is 46.8 cm³/mol. The minimum Gasteiger partial charge on any atom is -0.300 e. The van der Waals surface area contributed by atoms with Crippen LogP contribution in [0.5, 0.6) is 0 Å². The van der Waals surface area contributed by atoms with Crippen molar-refractivity contribution in [3.8, 4) is 0 Å². The largest absolute Gasteiger partial charge is 0.300 e. The number of ketones is 1. The molecule has 0 saturated carbocycles. The molecule has 10 heavy (non-hydrogen) atoms. The van der Waals surface area contributed by atoms with Crippen molar-refractivity contribution in [3.63, 3.8) is 0 Å². The molecule has 0 aromatic heterocycles. The molecule has 0 aromatic carbocycles. The normalized spacial score (nSPS) is 30.2. The fourth-order valence-electron chi connectivity index (χ4n) is 1.40. The summed E-state index contributed by atoms with van der Waals surface area (Å²) in [7, 11) is 0. The van der Waals surface area contributed by atoms with Crippen molar-refractivity contribution in [2.45, 2.75) is 17.6 Å². The zero-order chi connectivity index (χ0) is 7.03. The van der Waals surface area contributed by atoms with Gasteiger partial charge in [-0.15, -0.1) is 0 Å². The van der Waals surface area contributed by atoms with Gasteiger partial charge < -0.3 is 0 Å². The van der Waals surface area contributed by atoms with Crippen LogP contribution in [0.15, 0.2) is 0 Å². The molecule has 2 fully saturated rings. The van der Waals surface area contributed by atoms with Crippen molar-refractivity contribution >= 4 is 29.3 Å². The Bertz CT molecular complexity index is 163. The third kappa shape index (κ3) is 1.10. The van der Waals surface area contributed by atoms with Gasteiger partial charge in [-0.25, -0.2) is 0 Å².